The van der Waals surface area contributed by atoms with Crippen LogP contribution in [0.3, 0.4) is 0 Å². The fourth-order valence-electron chi connectivity index (χ4n) is 16.2. The van der Waals surface area contributed by atoms with Crippen LogP contribution in [0.5, 0.6) is 0 Å². The maximum Gasteiger partial charge on any atom is 0.0322 e. The van der Waals surface area contributed by atoms with Gasteiger partial charge in [-0.25, -0.2) is 0 Å². The van der Waals surface area contributed by atoms with Gasteiger partial charge in [-0.15, -0.1) is 17.2 Å². The molecule has 87 heavy (non-hydrogen) atoms. The number of fused-ring (bicyclic) bond motifs is 12. The number of rotatable bonds is 2. The Bertz CT molecular complexity index is 4530. The smallest absolute Gasteiger partial charge is 0.0322 e. The molecule has 0 radical (unpaired) electrons. The van der Waals surface area contributed by atoms with Crippen LogP contribution in [-0.4, -0.2) is 0 Å². The number of hydrogen-bond acceptors (Lipinski definition) is 0. The van der Waals surface area contributed by atoms with Crippen LogP contribution in [0.2, 0.25) is 0 Å². The summed E-state index contributed by atoms with van der Waals surface area (Å²) in [5.41, 5.74) is 50.5. The van der Waals surface area contributed by atoms with E-state index in [0.29, 0.717) is 0 Å². The summed E-state index contributed by atoms with van der Waals surface area (Å²) >= 11 is 0. The second kappa shape index (κ2) is 19.9. The Morgan fingerprint density at radius 1 is 0.161 bits per heavy atom. The zero-order chi connectivity index (χ0) is 57.1. The van der Waals surface area contributed by atoms with Crippen LogP contribution in [0.4, 0.5) is 0 Å². The van der Waals surface area contributed by atoms with Gasteiger partial charge in [0.1, 0.15) is 0 Å². The van der Waals surface area contributed by atoms with Crippen molar-refractivity contribution in [3.05, 3.63) is 442 Å². The molecular formula is C87H56. The highest BCUT2D eigenvalue weighted by Crippen LogP contribution is 2.59. The van der Waals surface area contributed by atoms with Gasteiger partial charge in [0.15, 0.2) is 0 Å². The Hall–Kier alpha value is -10.8. The minimum atomic E-state index is 0.0134. The zero-order valence-electron chi connectivity index (χ0n) is 47.9. The molecule has 0 unspecified atom stereocenters. The van der Waals surface area contributed by atoms with Crippen LogP contribution in [0.25, 0.3) is 33.4 Å². The topological polar surface area (TPSA) is 0 Å². The normalized spacial score (nSPS) is 17.5. The Kier molecular flexibility index (Phi) is 11.4. The molecule has 0 spiro atoms. The van der Waals surface area contributed by atoms with E-state index in [1.807, 2.05) is 0 Å². The van der Waals surface area contributed by atoms with Gasteiger partial charge in [0.25, 0.3) is 0 Å². The molecule has 0 nitrogen and oxygen atoms in total. The summed E-state index contributed by atoms with van der Waals surface area (Å²) in [6.45, 7) is 0. The molecule has 404 valence electrons. The Labute approximate surface area is 508 Å². The van der Waals surface area contributed by atoms with Crippen LogP contribution < -0.4 is 0 Å². The predicted molar refractivity (Wildman–Crippen MR) is 356 cm³/mol. The summed E-state index contributed by atoms with van der Waals surface area (Å²) in [5, 5.41) is 0. The van der Waals surface area contributed by atoms with Gasteiger partial charge in [0.2, 0.25) is 0 Å². The van der Waals surface area contributed by atoms with Crippen molar-refractivity contribution >= 4 is 33.4 Å². The maximum absolute atomic E-state index is 4.34. The molecular weight excluding hydrogens is 1040 g/mol. The largest absolute Gasteiger partial charge is 0.102 e. The van der Waals surface area contributed by atoms with Crippen molar-refractivity contribution in [1.29, 1.82) is 0 Å². The van der Waals surface area contributed by atoms with Gasteiger partial charge in [-0.1, -0.05) is 291 Å². The van der Waals surface area contributed by atoms with E-state index in [9.17, 15) is 0 Å². The van der Waals surface area contributed by atoms with Gasteiger partial charge in [-0.05, 0) is 146 Å². The van der Waals surface area contributed by atoms with Gasteiger partial charge in [-0.2, -0.15) is 0 Å². The van der Waals surface area contributed by atoms with Gasteiger partial charge >= 0.3 is 0 Å². The average molecular weight is 1100 g/mol. The van der Waals surface area contributed by atoms with Crippen LogP contribution in [0, 0.1) is 0 Å². The van der Waals surface area contributed by atoms with E-state index in [1.54, 1.807) is 0 Å². The molecule has 0 saturated carbocycles. The predicted octanol–water partition coefficient (Wildman–Crippen LogP) is 20.2. The fourth-order valence-corrected chi connectivity index (χ4v) is 16.2. The van der Waals surface area contributed by atoms with Gasteiger partial charge in [-0.3, -0.25) is 0 Å². The molecule has 0 bridgehead atoms. The van der Waals surface area contributed by atoms with Crippen LogP contribution in [0.15, 0.2) is 308 Å². The first kappa shape index (κ1) is 49.6. The lowest BCUT2D eigenvalue weighted by Gasteiger charge is -2.40. The molecule has 0 heteroatoms. The lowest BCUT2D eigenvalue weighted by atomic mass is 9.62. The summed E-state index contributed by atoms with van der Waals surface area (Å²) in [7, 11) is 0. The molecule has 0 heterocycles. The lowest BCUT2D eigenvalue weighted by Crippen LogP contribution is -2.25. The van der Waals surface area contributed by atoms with Crippen molar-refractivity contribution in [2.24, 2.45) is 0 Å². The van der Waals surface area contributed by atoms with E-state index in [0.717, 1.165) is 35.1 Å². The van der Waals surface area contributed by atoms with Crippen molar-refractivity contribution in [2.75, 3.05) is 0 Å². The fraction of sp³-hybridized carbons (Fsp3) is 0.0690. The van der Waals surface area contributed by atoms with E-state index >= 15 is 0 Å². The lowest BCUT2D eigenvalue weighted by molar-refractivity contribution is 0.677. The molecule has 0 aromatic heterocycles. The summed E-state index contributed by atoms with van der Waals surface area (Å²) in [6, 6.07) is 109. The van der Waals surface area contributed by atoms with Crippen LogP contribution in [-0.2, 0) is 12.8 Å². The second-order valence-corrected chi connectivity index (χ2v) is 24.2. The third-order valence-electron chi connectivity index (χ3n) is 19.8. The summed E-state index contributed by atoms with van der Waals surface area (Å²) in [6.07, 6.45) is 1.84. The molecule has 0 aliphatic heterocycles. The summed E-state index contributed by atoms with van der Waals surface area (Å²) < 4.78 is 0. The van der Waals surface area contributed by atoms with Crippen LogP contribution in [0.1, 0.15) is 157 Å². The third kappa shape index (κ3) is 7.67. The first-order valence-corrected chi connectivity index (χ1v) is 30.8. The second-order valence-electron chi connectivity index (χ2n) is 24.2. The van der Waals surface area contributed by atoms with Crippen molar-refractivity contribution in [3.63, 3.8) is 0 Å². The molecule has 6 aliphatic rings. The van der Waals surface area contributed by atoms with E-state index < -0.39 is 0 Å². The highest BCUT2D eigenvalue weighted by molar-refractivity contribution is 5.99. The monoisotopic (exact) mass is 1100 g/mol. The average Bonchev–Trinajstić information content (AvgIpc) is 1.23. The SMILES string of the molecule is C(=C1c2ccccc2Cc2ccccc21)=C1c2ccccc2C(C2c3ccccc3C(=C=C3c4ccccc4C(C4c5ccccc5C(=C=C5c6ccccc6Cc6ccccc65)c5ccccc54)c4ccccc43)c3ccccc32)c2ccccc21. The van der Waals surface area contributed by atoms with Crippen molar-refractivity contribution in [3.8, 4) is 0 Å². The number of hydrogen-bond donors (Lipinski definition) is 0. The third-order valence-corrected chi connectivity index (χ3v) is 19.8. The zero-order valence-corrected chi connectivity index (χ0v) is 47.9. The van der Waals surface area contributed by atoms with Crippen LogP contribution >= 0.6 is 0 Å². The first-order chi connectivity index (χ1) is 43.2. The summed E-state index contributed by atoms with van der Waals surface area (Å²) in [5.74, 6) is 0.0720. The summed E-state index contributed by atoms with van der Waals surface area (Å²) in [4.78, 5) is 0. The molecule has 0 amide bonds. The number of benzene rings is 12. The molecule has 18 rings (SSSR count). The molecule has 12 aromatic rings. The Balaban J connectivity index is 0.819. The molecule has 0 saturated heterocycles. The molecule has 0 fully saturated rings. The van der Waals surface area contributed by atoms with Crippen molar-refractivity contribution in [1.82, 2.24) is 0 Å². The van der Waals surface area contributed by atoms with Crippen molar-refractivity contribution in [2.45, 2.75) is 36.5 Å². The highest BCUT2D eigenvalue weighted by Gasteiger charge is 2.43. The van der Waals surface area contributed by atoms with Gasteiger partial charge in [0.05, 0.1) is 0 Å². The Morgan fingerprint density at radius 2 is 0.299 bits per heavy atom. The van der Waals surface area contributed by atoms with E-state index in [4.69, 9.17) is 0 Å². The van der Waals surface area contributed by atoms with E-state index in [-0.39, 0.29) is 23.7 Å². The minimum Gasteiger partial charge on any atom is -0.102 e. The molecule has 6 aliphatic carbocycles. The maximum atomic E-state index is 4.34. The standard InChI is InChI=1S/C87H56/c1-5-29-58-54(25-1)49-55-26-2-6-30-59(55)78(58)51-80-62-33-9-17-41-70(62)84(71-42-18-10-34-63(71)80)86-74-45-21-13-37-66(74)82(67-38-14-22-46-75(67)86)53-83-68-39-15-23-47-76(68)87(77-48-24-16-40-69(77)83)85-72-43-19-11-35-64(72)81(65-36-12-20-44-73(65)85)52-79-60-31-7-3-27-56(60)50-57-28-4-8-32-61(57)79/h1-48,84-87H,49-50H2. The van der Waals surface area contributed by atoms with E-state index in [1.165, 1.54) is 145 Å². The minimum absolute atomic E-state index is 0.0134. The molecule has 0 N–H and O–H groups in total. The molecule has 12 aromatic carbocycles. The molecule has 0 atom stereocenters. The van der Waals surface area contributed by atoms with E-state index in [2.05, 4.69) is 308 Å². The quantitative estimate of drug-likeness (QED) is 0.151. The first-order valence-electron chi connectivity index (χ1n) is 30.8. The Morgan fingerprint density at radius 3 is 0.483 bits per heavy atom. The van der Waals surface area contributed by atoms with Crippen molar-refractivity contribution < 1.29 is 0 Å². The highest BCUT2D eigenvalue weighted by atomic mass is 14.4. The van der Waals surface area contributed by atoms with Gasteiger partial charge < -0.3 is 0 Å². The van der Waals surface area contributed by atoms with Gasteiger partial charge in [0, 0.05) is 57.1 Å².